The van der Waals surface area contributed by atoms with E-state index < -0.39 is 11.5 Å². The molecule has 5 nitrogen and oxygen atoms in total. The Labute approximate surface area is 88.5 Å². The Morgan fingerprint density at radius 1 is 1.73 bits per heavy atom. The summed E-state index contributed by atoms with van der Waals surface area (Å²) in [7, 11) is 0. The first kappa shape index (κ1) is 11.7. The zero-order valence-electron chi connectivity index (χ0n) is 9.20. The summed E-state index contributed by atoms with van der Waals surface area (Å²) < 4.78 is 5.03. The molecule has 0 fully saturated rings. The second-order valence-corrected chi connectivity index (χ2v) is 3.70. The minimum atomic E-state index is -0.911. The van der Waals surface area contributed by atoms with Crippen molar-refractivity contribution in [1.82, 2.24) is 10.3 Å². The highest BCUT2D eigenvalue weighted by Gasteiger charge is 2.30. The van der Waals surface area contributed by atoms with Crippen LogP contribution in [0.15, 0.2) is 10.8 Å². The van der Waals surface area contributed by atoms with Crippen molar-refractivity contribution in [2.24, 2.45) is 0 Å². The fourth-order valence-electron chi connectivity index (χ4n) is 1.13. The number of aryl methyl sites for hydroxylation is 1. The van der Waals surface area contributed by atoms with Crippen molar-refractivity contribution in [3.8, 4) is 0 Å². The molecule has 0 aliphatic rings. The second-order valence-electron chi connectivity index (χ2n) is 3.70. The molecule has 1 atom stereocenters. The van der Waals surface area contributed by atoms with Gasteiger partial charge in [0.1, 0.15) is 11.3 Å². The monoisotopic (exact) mass is 212 g/mol. The molecule has 0 aliphatic carbocycles. The number of carbonyl (C=O) groups is 1. The van der Waals surface area contributed by atoms with Crippen LogP contribution >= 0.6 is 0 Å². The van der Waals surface area contributed by atoms with Crippen LogP contribution in [-0.4, -0.2) is 21.6 Å². The standard InChI is InChI=1S/C10H16N2O3/c1-4-10(3,9(13)14)12-5-8-7(2)15-6-11-8/h6,12H,4-5H2,1-3H3,(H,13,14). The number of hydrogen-bond acceptors (Lipinski definition) is 4. The lowest BCUT2D eigenvalue weighted by Gasteiger charge is -2.24. The number of aliphatic carboxylic acids is 1. The van der Waals surface area contributed by atoms with Crippen molar-refractivity contribution in [3.05, 3.63) is 17.8 Å². The van der Waals surface area contributed by atoms with Gasteiger partial charge in [0.2, 0.25) is 0 Å². The topological polar surface area (TPSA) is 75.4 Å². The molecule has 5 heteroatoms. The van der Waals surface area contributed by atoms with E-state index in [1.54, 1.807) is 13.8 Å². The number of carboxylic acid groups (broad SMARTS) is 1. The molecular weight excluding hydrogens is 196 g/mol. The molecule has 1 rings (SSSR count). The maximum atomic E-state index is 11.0. The molecule has 1 aromatic heterocycles. The molecular formula is C10H16N2O3. The van der Waals surface area contributed by atoms with Gasteiger partial charge in [-0.05, 0) is 20.3 Å². The number of nitrogens with zero attached hydrogens (tertiary/aromatic N) is 1. The molecule has 0 spiro atoms. The molecule has 0 saturated heterocycles. The average molecular weight is 212 g/mol. The number of aromatic nitrogens is 1. The number of nitrogens with one attached hydrogen (secondary N) is 1. The van der Waals surface area contributed by atoms with Gasteiger partial charge in [-0.3, -0.25) is 10.1 Å². The molecule has 0 aromatic carbocycles. The summed E-state index contributed by atoms with van der Waals surface area (Å²) in [5, 5.41) is 12.0. The van der Waals surface area contributed by atoms with Crippen molar-refractivity contribution in [1.29, 1.82) is 0 Å². The number of oxazole rings is 1. The largest absolute Gasteiger partial charge is 0.480 e. The molecule has 0 radical (unpaired) electrons. The molecule has 0 amide bonds. The van der Waals surface area contributed by atoms with Crippen LogP contribution in [0.5, 0.6) is 0 Å². The molecule has 84 valence electrons. The average Bonchev–Trinajstić information content (AvgIpc) is 2.60. The Bertz CT molecular complexity index is 348. The van der Waals surface area contributed by atoms with Crippen LogP contribution in [0.2, 0.25) is 0 Å². The summed E-state index contributed by atoms with van der Waals surface area (Å²) in [5.74, 6) is -0.141. The summed E-state index contributed by atoms with van der Waals surface area (Å²) in [6, 6.07) is 0. The smallest absolute Gasteiger partial charge is 0.323 e. The first-order valence-corrected chi connectivity index (χ1v) is 4.87. The molecule has 15 heavy (non-hydrogen) atoms. The van der Waals surface area contributed by atoms with Gasteiger partial charge in [0.15, 0.2) is 6.39 Å². The lowest BCUT2D eigenvalue weighted by molar-refractivity contribution is -0.144. The van der Waals surface area contributed by atoms with E-state index in [0.29, 0.717) is 18.7 Å². The highest BCUT2D eigenvalue weighted by molar-refractivity contribution is 5.78. The SMILES string of the molecule is CCC(C)(NCc1ncoc1C)C(=O)O. The Hall–Kier alpha value is -1.36. The van der Waals surface area contributed by atoms with E-state index in [4.69, 9.17) is 9.52 Å². The van der Waals surface area contributed by atoms with E-state index in [1.165, 1.54) is 6.39 Å². The van der Waals surface area contributed by atoms with Gasteiger partial charge in [0.05, 0.1) is 5.69 Å². The fourth-order valence-corrected chi connectivity index (χ4v) is 1.13. The molecule has 1 unspecified atom stereocenters. The van der Waals surface area contributed by atoms with Crippen molar-refractivity contribution < 1.29 is 14.3 Å². The lowest BCUT2D eigenvalue weighted by atomic mass is 9.99. The lowest BCUT2D eigenvalue weighted by Crippen LogP contribution is -2.48. The first-order chi connectivity index (χ1) is 6.99. The van der Waals surface area contributed by atoms with Crippen LogP contribution < -0.4 is 5.32 Å². The van der Waals surface area contributed by atoms with Gasteiger partial charge in [-0.25, -0.2) is 4.98 Å². The third-order valence-corrected chi connectivity index (χ3v) is 2.67. The van der Waals surface area contributed by atoms with Gasteiger partial charge in [-0.1, -0.05) is 6.92 Å². The summed E-state index contributed by atoms with van der Waals surface area (Å²) in [6.45, 7) is 5.69. The molecule has 0 aliphatic heterocycles. The predicted molar refractivity (Wildman–Crippen MR) is 54.4 cm³/mol. The minimum Gasteiger partial charge on any atom is -0.480 e. The Morgan fingerprint density at radius 2 is 2.40 bits per heavy atom. The van der Waals surface area contributed by atoms with Crippen molar-refractivity contribution in [2.45, 2.75) is 39.3 Å². The van der Waals surface area contributed by atoms with E-state index in [1.807, 2.05) is 6.92 Å². The van der Waals surface area contributed by atoms with Gasteiger partial charge < -0.3 is 9.52 Å². The molecule has 2 N–H and O–H groups in total. The van der Waals surface area contributed by atoms with Crippen LogP contribution in [0, 0.1) is 6.92 Å². The first-order valence-electron chi connectivity index (χ1n) is 4.87. The van der Waals surface area contributed by atoms with Crippen molar-refractivity contribution in [2.75, 3.05) is 0 Å². The summed E-state index contributed by atoms with van der Waals surface area (Å²) in [4.78, 5) is 15.0. The third-order valence-electron chi connectivity index (χ3n) is 2.67. The minimum absolute atomic E-state index is 0.402. The summed E-state index contributed by atoms with van der Waals surface area (Å²) in [5.41, 5.74) is -0.165. The number of carboxylic acids is 1. The van der Waals surface area contributed by atoms with Gasteiger partial charge in [0.25, 0.3) is 0 Å². The van der Waals surface area contributed by atoms with Gasteiger partial charge in [0, 0.05) is 6.54 Å². The number of rotatable bonds is 5. The zero-order valence-corrected chi connectivity index (χ0v) is 9.20. The van der Waals surface area contributed by atoms with Crippen LogP contribution in [0.25, 0.3) is 0 Å². The molecule has 0 saturated carbocycles. The second kappa shape index (κ2) is 4.44. The Kier molecular flexibility index (Phi) is 3.47. The predicted octanol–water partition coefficient (Wildman–Crippen LogP) is 1.33. The van der Waals surface area contributed by atoms with E-state index in [2.05, 4.69) is 10.3 Å². The Morgan fingerprint density at radius 3 is 2.80 bits per heavy atom. The summed E-state index contributed by atoms with van der Waals surface area (Å²) in [6.07, 6.45) is 1.87. The molecule has 1 heterocycles. The normalized spacial score (nSPS) is 14.9. The fraction of sp³-hybridized carbons (Fsp3) is 0.600. The number of hydrogen-bond donors (Lipinski definition) is 2. The van der Waals surface area contributed by atoms with Crippen LogP contribution in [-0.2, 0) is 11.3 Å². The maximum absolute atomic E-state index is 11.0. The molecule has 0 bridgehead atoms. The molecule has 1 aromatic rings. The van der Waals surface area contributed by atoms with Gasteiger partial charge in [-0.15, -0.1) is 0 Å². The van der Waals surface area contributed by atoms with Crippen molar-refractivity contribution >= 4 is 5.97 Å². The Balaban J connectivity index is 2.63. The van der Waals surface area contributed by atoms with Crippen molar-refractivity contribution in [3.63, 3.8) is 0 Å². The quantitative estimate of drug-likeness (QED) is 0.770. The van der Waals surface area contributed by atoms with E-state index in [9.17, 15) is 4.79 Å². The van der Waals surface area contributed by atoms with Crippen LogP contribution in [0.3, 0.4) is 0 Å². The maximum Gasteiger partial charge on any atom is 0.323 e. The van der Waals surface area contributed by atoms with Crippen LogP contribution in [0.1, 0.15) is 31.7 Å². The third kappa shape index (κ3) is 2.56. The van der Waals surface area contributed by atoms with E-state index in [0.717, 1.165) is 5.69 Å². The summed E-state index contributed by atoms with van der Waals surface area (Å²) >= 11 is 0. The van der Waals surface area contributed by atoms with Crippen LogP contribution in [0.4, 0.5) is 0 Å². The zero-order chi connectivity index (χ0) is 11.5. The van der Waals surface area contributed by atoms with E-state index in [-0.39, 0.29) is 0 Å². The van der Waals surface area contributed by atoms with Gasteiger partial charge >= 0.3 is 5.97 Å². The highest BCUT2D eigenvalue weighted by atomic mass is 16.4. The van der Waals surface area contributed by atoms with E-state index >= 15 is 0 Å². The highest BCUT2D eigenvalue weighted by Crippen LogP contribution is 2.12. The van der Waals surface area contributed by atoms with Gasteiger partial charge in [-0.2, -0.15) is 0 Å².